The zero-order valence-corrected chi connectivity index (χ0v) is 21.5. The van der Waals surface area contributed by atoms with Gasteiger partial charge >= 0.3 is 5.97 Å². The van der Waals surface area contributed by atoms with E-state index in [1.165, 1.54) is 0 Å². The number of methoxy groups -OCH3 is 1. The number of rotatable bonds is 11. The van der Waals surface area contributed by atoms with Gasteiger partial charge in [-0.05, 0) is 53.9 Å². The molecule has 0 aliphatic rings. The van der Waals surface area contributed by atoms with Crippen LogP contribution in [0.3, 0.4) is 0 Å². The summed E-state index contributed by atoms with van der Waals surface area (Å²) in [6, 6.07) is 23.9. The largest absolute Gasteiger partial charge is 0.497 e. The molecule has 8 nitrogen and oxygen atoms in total. The van der Waals surface area contributed by atoms with E-state index in [1.807, 2.05) is 78.9 Å². The molecule has 0 bridgehead atoms. The van der Waals surface area contributed by atoms with Crippen LogP contribution in [0.2, 0.25) is 0 Å². The summed E-state index contributed by atoms with van der Waals surface area (Å²) in [6.45, 7) is 1.65. The van der Waals surface area contributed by atoms with Gasteiger partial charge in [0.15, 0.2) is 0 Å². The van der Waals surface area contributed by atoms with Gasteiger partial charge in [-0.2, -0.15) is 0 Å². The van der Waals surface area contributed by atoms with Crippen LogP contribution in [0.4, 0.5) is 0 Å². The predicted molar refractivity (Wildman–Crippen MR) is 146 cm³/mol. The highest BCUT2D eigenvalue weighted by Crippen LogP contribution is 2.31. The van der Waals surface area contributed by atoms with Gasteiger partial charge in [0.2, 0.25) is 11.8 Å². The number of carbonyl (C=O) groups is 3. The minimum Gasteiger partial charge on any atom is -0.497 e. The zero-order chi connectivity index (χ0) is 26.9. The lowest BCUT2D eigenvalue weighted by Crippen LogP contribution is -2.49. The van der Waals surface area contributed by atoms with E-state index in [4.69, 9.17) is 9.47 Å². The summed E-state index contributed by atoms with van der Waals surface area (Å²) in [5.41, 5.74) is 4.37. The van der Waals surface area contributed by atoms with Crippen molar-refractivity contribution in [2.75, 3.05) is 20.3 Å². The van der Waals surface area contributed by atoms with Crippen LogP contribution in [0.15, 0.2) is 78.9 Å². The maximum absolute atomic E-state index is 13.4. The summed E-state index contributed by atoms with van der Waals surface area (Å²) in [5, 5.41) is 6.40. The Morgan fingerprint density at radius 2 is 1.63 bits per heavy atom. The maximum atomic E-state index is 13.4. The molecule has 196 valence electrons. The summed E-state index contributed by atoms with van der Waals surface area (Å²) in [6.07, 6.45) is 0.336. The molecule has 8 heteroatoms. The molecule has 0 aliphatic heterocycles. The Kier molecular flexibility index (Phi) is 8.77. The van der Waals surface area contributed by atoms with E-state index in [2.05, 4.69) is 15.6 Å². The fraction of sp³-hybridized carbons (Fsp3) is 0.233. The van der Waals surface area contributed by atoms with Gasteiger partial charge in [-0.1, -0.05) is 48.5 Å². The number of esters is 1. The van der Waals surface area contributed by atoms with E-state index in [-0.39, 0.29) is 31.9 Å². The molecule has 1 atom stereocenters. The van der Waals surface area contributed by atoms with E-state index in [9.17, 15) is 14.4 Å². The van der Waals surface area contributed by atoms with Crippen molar-refractivity contribution in [3.8, 4) is 17.0 Å². The average Bonchev–Trinajstić information content (AvgIpc) is 3.30. The molecule has 0 unspecified atom stereocenters. The van der Waals surface area contributed by atoms with Gasteiger partial charge in [-0.25, -0.2) is 0 Å². The Labute approximate surface area is 221 Å². The Morgan fingerprint density at radius 1 is 0.921 bits per heavy atom. The molecule has 4 aromatic rings. The normalized spacial score (nSPS) is 11.5. The van der Waals surface area contributed by atoms with Gasteiger partial charge < -0.3 is 25.1 Å². The minimum absolute atomic E-state index is 0.0574. The number of aromatic nitrogens is 1. The van der Waals surface area contributed by atoms with E-state index in [1.54, 1.807) is 14.0 Å². The highest BCUT2D eigenvalue weighted by Gasteiger charge is 2.24. The lowest BCUT2D eigenvalue weighted by atomic mass is 10.0. The Balaban J connectivity index is 1.57. The molecule has 2 amide bonds. The molecule has 3 aromatic carbocycles. The lowest BCUT2D eigenvalue weighted by Gasteiger charge is -2.19. The van der Waals surface area contributed by atoms with E-state index < -0.39 is 17.9 Å². The van der Waals surface area contributed by atoms with Gasteiger partial charge in [0.05, 0.1) is 25.8 Å². The fourth-order valence-corrected chi connectivity index (χ4v) is 4.35. The van der Waals surface area contributed by atoms with Crippen LogP contribution in [0.1, 0.15) is 18.1 Å². The van der Waals surface area contributed by atoms with Crippen molar-refractivity contribution in [3.05, 3.63) is 90.0 Å². The van der Waals surface area contributed by atoms with Crippen molar-refractivity contribution in [1.82, 2.24) is 15.6 Å². The van der Waals surface area contributed by atoms with Crippen molar-refractivity contribution in [2.45, 2.75) is 25.8 Å². The summed E-state index contributed by atoms with van der Waals surface area (Å²) in [7, 11) is 1.61. The standard InChI is InChI=1S/C30H31N3O5/c1-3-38-28(35)19-31-30(36)26(17-20-9-5-4-6-10-20)32-27(34)18-24-23-11-7-8-12-25(23)33-29(24)21-13-15-22(37-2)16-14-21/h4-16,26,33H,3,17-19H2,1-2H3,(H,31,36)(H,32,34)/t26-/m0/s1. The number of nitrogens with one attached hydrogen (secondary N) is 3. The molecule has 0 fully saturated rings. The van der Waals surface area contributed by atoms with Crippen LogP contribution in [0, 0.1) is 0 Å². The Hall–Kier alpha value is -4.59. The molecule has 4 rings (SSSR count). The van der Waals surface area contributed by atoms with Crippen LogP contribution in [0.5, 0.6) is 5.75 Å². The molecule has 38 heavy (non-hydrogen) atoms. The quantitative estimate of drug-likeness (QED) is 0.265. The Bertz CT molecular complexity index is 1400. The van der Waals surface area contributed by atoms with Gasteiger partial charge in [0.1, 0.15) is 18.3 Å². The number of hydrogen-bond acceptors (Lipinski definition) is 5. The molecule has 0 aliphatic carbocycles. The number of carbonyl (C=O) groups excluding carboxylic acids is 3. The van der Waals surface area contributed by atoms with Gasteiger partial charge in [-0.15, -0.1) is 0 Å². The van der Waals surface area contributed by atoms with Crippen molar-refractivity contribution in [2.24, 2.45) is 0 Å². The van der Waals surface area contributed by atoms with Crippen molar-refractivity contribution >= 4 is 28.7 Å². The third kappa shape index (κ3) is 6.59. The van der Waals surface area contributed by atoms with Crippen LogP contribution < -0.4 is 15.4 Å². The second-order valence-electron chi connectivity index (χ2n) is 8.76. The lowest BCUT2D eigenvalue weighted by molar-refractivity contribution is -0.143. The summed E-state index contributed by atoms with van der Waals surface area (Å²) in [5.74, 6) is -0.559. The van der Waals surface area contributed by atoms with E-state index in [0.717, 1.165) is 39.0 Å². The first-order valence-corrected chi connectivity index (χ1v) is 12.5. The predicted octanol–water partition coefficient (Wildman–Crippen LogP) is 3.79. The first kappa shape index (κ1) is 26.5. The molecular weight excluding hydrogens is 482 g/mol. The van der Waals surface area contributed by atoms with Crippen LogP contribution in [0.25, 0.3) is 22.2 Å². The number of aromatic amines is 1. The summed E-state index contributed by atoms with van der Waals surface area (Å²) < 4.78 is 10.2. The summed E-state index contributed by atoms with van der Waals surface area (Å²) >= 11 is 0. The number of hydrogen-bond donors (Lipinski definition) is 3. The van der Waals surface area contributed by atoms with Gasteiger partial charge in [0, 0.05) is 17.3 Å². The minimum atomic E-state index is -0.867. The van der Waals surface area contributed by atoms with Crippen LogP contribution >= 0.6 is 0 Å². The first-order valence-electron chi connectivity index (χ1n) is 12.5. The molecule has 0 spiro atoms. The van der Waals surface area contributed by atoms with Crippen molar-refractivity contribution < 1.29 is 23.9 Å². The second kappa shape index (κ2) is 12.6. The van der Waals surface area contributed by atoms with Gasteiger partial charge in [0.25, 0.3) is 0 Å². The van der Waals surface area contributed by atoms with Crippen LogP contribution in [-0.2, 0) is 32.0 Å². The molecule has 0 saturated heterocycles. The van der Waals surface area contributed by atoms with Gasteiger partial charge in [-0.3, -0.25) is 14.4 Å². The zero-order valence-electron chi connectivity index (χ0n) is 21.5. The van der Waals surface area contributed by atoms with E-state index >= 15 is 0 Å². The second-order valence-corrected chi connectivity index (χ2v) is 8.76. The number of para-hydroxylation sites is 1. The average molecular weight is 514 g/mol. The smallest absolute Gasteiger partial charge is 0.325 e. The number of fused-ring (bicyclic) bond motifs is 1. The highest BCUT2D eigenvalue weighted by molar-refractivity contribution is 5.96. The number of benzene rings is 3. The molecule has 1 heterocycles. The number of ether oxygens (including phenoxy) is 2. The molecular formula is C30H31N3O5. The highest BCUT2D eigenvalue weighted by atomic mass is 16.5. The topological polar surface area (TPSA) is 110 Å². The van der Waals surface area contributed by atoms with Crippen molar-refractivity contribution in [1.29, 1.82) is 0 Å². The molecule has 3 N–H and O–H groups in total. The van der Waals surface area contributed by atoms with Crippen LogP contribution in [-0.4, -0.2) is 49.1 Å². The number of amides is 2. The summed E-state index contributed by atoms with van der Waals surface area (Å²) in [4.78, 5) is 41.6. The monoisotopic (exact) mass is 513 g/mol. The molecule has 0 saturated carbocycles. The molecule has 1 aromatic heterocycles. The third-order valence-corrected chi connectivity index (χ3v) is 6.18. The first-order chi connectivity index (χ1) is 18.5. The third-order valence-electron chi connectivity index (χ3n) is 6.18. The maximum Gasteiger partial charge on any atom is 0.325 e. The SMILES string of the molecule is CCOC(=O)CNC(=O)[C@H](Cc1ccccc1)NC(=O)Cc1c(-c2ccc(OC)cc2)[nH]c2ccccc12. The fourth-order valence-electron chi connectivity index (χ4n) is 4.35. The number of H-pyrrole nitrogens is 1. The van der Waals surface area contributed by atoms with Crippen molar-refractivity contribution in [3.63, 3.8) is 0 Å². The van der Waals surface area contributed by atoms with E-state index in [0.29, 0.717) is 0 Å². The molecule has 0 radical (unpaired) electrons. The Morgan fingerprint density at radius 3 is 2.34 bits per heavy atom.